The molecule has 4 heteroatoms. The lowest BCUT2D eigenvalue weighted by Gasteiger charge is -2.11. The molecule has 0 heterocycles. The van der Waals surface area contributed by atoms with E-state index in [-0.39, 0.29) is 11.9 Å². The summed E-state index contributed by atoms with van der Waals surface area (Å²) in [7, 11) is 0. The van der Waals surface area contributed by atoms with Crippen LogP contribution < -0.4 is 5.73 Å². The molecule has 0 saturated carbocycles. The molecule has 0 aliphatic heterocycles. The number of nitrogens with two attached hydrogens (primary N) is 1. The molecule has 2 rings (SSSR count). The van der Waals surface area contributed by atoms with Crippen LogP contribution in [0.2, 0.25) is 0 Å². The summed E-state index contributed by atoms with van der Waals surface area (Å²) in [5.41, 5.74) is 7.19. The van der Waals surface area contributed by atoms with Gasteiger partial charge in [-0.15, -0.1) is 0 Å². The fraction of sp³-hybridized carbons (Fsp3) is 0.250. The fourth-order valence-electron chi connectivity index (χ4n) is 1.86. The molecule has 106 valence electrons. The molecule has 0 bridgehead atoms. The lowest BCUT2D eigenvalue weighted by molar-refractivity contribution is 0.624. The Labute approximate surface area is 131 Å². The predicted molar refractivity (Wildman–Crippen MR) is 86.6 cm³/mol. The molecule has 0 fully saturated rings. The van der Waals surface area contributed by atoms with Crippen LogP contribution in [0.5, 0.6) is 0 Å². The van der Waals surface area contributed by atoms with Gasteiger partial charge in [-0.3, -0.25) is 0 Å². The van der Waals surface area contributed by atoms with Crippen molar-refractivity contribution in [2.75, 3.05) is 0 Å². The van der Waals surface area contributed by atoms with Gasteiger partial charge in [0.15, 0.2) is 0 Å². The van der Waals surface area contributed by atoms with Gasteiger partial charge in [-0.25, -0.2) is 4.39 Å². The van der Waals surface area contributed by atoms with Crippen LogP contribution in [0.25, 0.3) is 0 Å². The van der Waals surface area contributed by atoms with Gasteiger partial charge in [-0.1, -0.05) is 30.8 Å². The van der Waals surface area contributed by atoms with Crippen molar-refractivity contribution in [3.63, 3.8) is 0 Å². The Morgan fingerprint density at radius 1 is 1.25 bits per heavy atom. The van der Waals surface area contributed by atoms with Crippen LogP contribution in [0.3, 0.4) is 0 Å². The Morgan fingerprint density at radius 3 is 2.70 bits per heavy atom. The molecule has 1 atom stereocenters. The third kappa shape index (κ3) is 4.33. The van der Waals surface area contributed by atoms with Crippen LogP contribution in [0.1, 0.15) is 18.9 Å². The Hall–Kier alpha value is -0.840. The Bertz CT molecular complexity index is 588. The van der Waals surface area contributed by atoms with Crippen molar-refractivity contribution in [3.8, 4) is 0 Å². The average Bonchev–Trinajstić information content (AvgIpc) is 2.42. The number of benzene rings is 2. The topological polar surface area (TPSA) is 26.0 Å². The molecule has 2 N–H and O–H groups in total. The third-order valence-corrected chi connectivity index (χ3v) is 5.03. The molecule has 2 aromatic rings. The van der Waals surface area contributed by atoms with E-state index in [9.17, 15) is 4.39 Å². The second-order valence-corrected chi connectivity index (χ2v) is 6.67. The minimum Gasteiger partial charge on any atom is -0.327 e. The molecular weight excluding hydrogens is 337 g/mol. The average molecular weight is 354 g/mol. The van der Waals surface area contributed by atoms with Gasteiger partial charge in [-0.05, 0) is 64.7 Å². The predicted octanol–water partition coefficient (Wildman–Crippen LogP) is 5.02. The summed E-state index contributed by atoms with van der Waals surface area (Å²) in [4.78, 5) is 1.97. The highest BCUT2D eigenvalue weighted by Gasteiger charge is 2.07. The van der Waals surface area contributed by atoms with Crippen LogP contribution in [-0.4, -0.2) is 6.04 Å². The van der Waals surface area contributed by atoms with E-state index >= 15 is 0 Å². The summed E-state index contributed by atoms with van der Waals surface area (Å²) in [5, 5.41) is 0. The summed E-state index contributed by atoms with van der Waals surface area (Å²) in [5.74, 6) is -0.211. The first-order chi connectivity index (χ1) is 9.58. The number of hydrogen-bond acceptors (Lipinski definition) is 2. The zero-order valence-corrected chi connectivity index (χ0v) is 13.7. The van der Waals surface area contributed by atoms with Crippen molar-refractivity contribution < 1.29 is 4.39 Å². The minimum atomic E-state index is -0.211. The van der Waals surface area contributed by atoms with E-state index in [2.05, 4.69) is 41.1 Å². The summed E-state index contributed by atoms with van der Waals surface area (Å²) in [6.07, 6.45) is 1.84. The first-order valence-corrected chi connectivity index (χ1v) is 8.17. The molecule has 0 aliphatic rings. The van der Waals surface area contributed by atoms with E-state index in [1.54, 1.807) is 17.8 Å². The van der Waals surface area contributed by atoms with Crippen LogP contribution in [0.15, 0.2) is 56.7 Å². The van der Waals surface area contributed by atoms with E-state index in [0.29, 0.717) is 0 Å². The summed E-state index contributed by atoms with van der Waals surface area (Å²) < 4.78 is 14.2. The van der Waals surface area contributed by atoms with Gasteiger partial charge in [-0.2, -0.15) is 0 Å². The first kappa shape index (κ1) is 15.5. The maximum Gasteiger partial charge on any atom is 0.124 e. The van der Waals surface area contributed by atoms with Gasteiger partial charge in [0.05, 0.1) is 0 Å². The van der Waals surface area contributed by atoms with Gasteiger partial charge < -0.3 is 5.73 Å². The van der Waals surface area contributed by atoms with Crippen molar-refractivity contribution in [1.29, 1.82) is 0 Å². The zero-order valence-electron chi connectivity index (χ0n) is 11.3. The van der Waals surface area contributed by atoms with Crippen molar-refractivity contribution in [2.45, 2.75) is 35.6 Å². The Kier molecular flexibility index (Phi) is 5.64. The second kappa shape index (κ2) is 7.25. The monoisotopic (exact) mass is 353 g/mol. The highest BCUT2D eigenvalue weighted by Crippen LogP contribution is 2.34. The van der Waals surface area contributed by atoms with Crippen LogP contribution in [-0.2, 0) is 6.42 Å². The van der Waals surface area contributed by atoms with Gasteiger partial charge in [0, 0.05) is 20.3 Å². The zero-order chi connectivity index (χ0) is 14.5. The molecule has 0 spiro atoms. The lowest BCUT2D eigenvalue weighted by Crippen LogP contribution is -2.21. The van der Waals surface area contributed by atoms with Gasteiger partial charge in [0.1, 0.15) is 5.82 Å². The molecular formula is C16H17BrFNS. The molecule has 1 nitrogen and oxygen atoms in total. The minimum absolute atomic E-state index is 0.198. The van der Waals surface area contributed by atoms with Crippen LogP contribution in [0, 0.1) is 5.82 Å². The SMILES string of the molecule is CCC(N)Cc1ccc(Sc2cccc(F)c2)c(Br)c1. The molecule has 2 aromatic carbocycles. The maximum absolute atomic E-state index is 13.2. The largest absolute Gasteiger partial charge is 0.327 e. The molecule has 0 aromatic heterocycles. The van der Waals surface area contributed by atoms with E-state index < -0.39 is 0 Å². The molecule has 20 heavy (non-hydrogen) atoms. The number of rotatable bonds is 5. The van der Waals surface area contributed by atoms with E-state index in [1.807, 2.05) is 6.07 Å². The highest BCUT2D eigenvalue weighted by atomic mass is 79.9. The van der Waals surface area contributed by atoms with Crippen molar-refractivity contribution in [2.24, 2.45) is 5.73 Å². The lowest BCUT2D eigenvalue weighted by atomic mass is 10.1. The van der Waals surface area contributed by atoms with Gasteiger partial charge >= 0.3 is 0 Å². The third-order valence-electron chi connectivity index (χ3n) is 3.04. The van der Waals surface area contributed by atoms with Crippen molar-refractivity contribution in [1.82, 2.24) is 0 Å². The van der Waals surface area contributed by atoms with Gasteiger partial charge in [0.25, 0.3) is 0 Å². The normalized spacial score (nSPS) is 12.4. The molecule has 0 aliphatic carbocycles. The fourth-order valence-corrected chi connectivity index (χ4v) is 3.39. The van der Waals surface area contributed by atoms with Gasteiger partial charge in [0.2, 0.25) is 0 Å². The van der Waals surface area contributed by atoms with Crippen molar-refractivity contribution in [3.05, 3.63) is 58.3 Å². The highest BCUT2D eigenvalue weighted by molar-refractivity contribution is 9.10. The standard InChI is InChI=1S/C16H17BrFNS/c1-2-13(19)8-11-6-7-16(15(17)9-11)20-14-5-3-4-12(18)10-14/h3-7,9-10,13H,2,8,19H2,1H3. The first-order valence-electron chi connectivity index (χ1n) is 6.56. The van der Waals surface area contributed by atoms with E-state index in [4.69, 9.17) is 5.73 Å². The Balaban J connectivity index is 2.13. The van der Waals surface area contributed by atoms with E-state index in [1.165, 1.54) is 17.7 Å². The van der Waals surface area contributed by atoms with Crippen molar-refractivity contribution >= 4 is 27.7 Å². The molecule has 1 unspecified atom stereocenters. The molecule has 0 amide bonds. The number of halogens is 2. The van der Waals surface area contributed by atoms with Crippen LogP contribution in [0.4, 0.5) is 4.39 Å². The number of hydrogen-bond donors (Lipinski definition) is 1. The summed E-state index contributed by atoms with van der Waals surface area (Å²) in [6.45, 7) is 2.09. The molecule has 0 radical (unpaired) electrons. The second-order valence-electron chi connectivity index (χ2n) is 4.70. The molecule has 0 saturated heterocycles. The quantitative estimate of drug-likeness (QED) is 0.816. The van der Waals surface area contributed by atoms with Crippen LogP contribution >= 0.6 is 27.7 Å². The maximum atomic E-state index is 13.2. The van der Waals surface area contributed by atoms with E-state index in [0.717, 1.165) is 27.1 Å². The summed E-state index contributed by atoms with van der Waals surface area (Å²) in [6, 6.07) is 13.0. The smallest absolute Gasteiger partial charge is 0.124 e. The summed E-state index contributed by atoms with van der Waals surface area (Å²) >= 11 is 5.12. The Morgan fingerprint density at radius 2 is 2.05 bits per heavy atom.